The van der Waals surface area contributed by atoms with Crippen LogP contribution in [0.5, 0.6) is 0 Å². The van der Waals surface area contributed by atoms with E-state index < -0.39 is 0 Å². The van der Waals surface area contributed by atoms with Gasteiger partial charge in [-0.15, -0.1) is 0 Å². The van der Waals surface area contributed by atoms with Crippen LogP contribution < -0.4 is 10.6 Å². The van der Waals surface area contributed by atoms with E-state index in [0.29, 0.717) is 30.7 Å². The van der Waals surface area contributed by atoms with Crippen LogP contribution in [0.15, 0.2) is 30.3 Å². The Bertz CT molecular complexity index is 617. The Balaban J connectivity index is 1.80. The van der Waals surface area contributed by atoms with Gasteiger partial charge in [0.1, 0.15) is 22.9 Å². The van der Waals surface area contributed by atoms with E-state index in [0.717, 1.165) is 5.56 Å². The monoisotopic (exact) mass is 308 g/mol. The first-order chi connectivity index (χ1) is 10.1. The minimum Gasteiger partial charge on any atom is -0.370 e. The van der Waals surface area contributed by atoms with Crippen LogP contribution in [0.1, 0.15) is 11.7 Å². The molecule has 3 rings (SSSR count). The zero-order chi connectivity index (χ0) is 14.8. The van der Waals surface area contributed by atoms with Gasteiger partial charge in [0.15, 0.2) is 0 Å². The summed E-state index contributed by atoms with van der Waals surface area (Å²) in [7, 11) is 0. The molecule has 21 heavy (non-hydrogen) atoms. The number of hydrogen-bond acceptors (Lipinski definition) is 5. The van der Waals surface area contributed by atoms with E-state index in [1.165, 1.54) is 12.1 Å². The predicted molar refractivity (Wildman–Crippen MR) is 78.8 cm³/mol. The molecule has 0 saturated carbocycles. The molecule has 2 heterocycles. The van der Waals surface area contributed by atoms with Crippen LogP contribution in [0.2, 0.25) is 5.15 Å². The van der Waals surface area contributed by atoms with Crippen LogP contribution in [0.3, 0.4) is 0 Å². The Morgan fingerprint density at radius 1 is 1.29 bits per heavy atom. The molecule has 2 aromatic rings. The van der Waals surface area contributed by atoms with Crippen molar-refractivity contribution in [1.82, 2.24) is 9.97 Å². The number of halogens is 2. The maximum Gasteiger partial charge on any atom is 0.223 e. The second-order valence-corrected chi connectivity index (χ2v) is 5.15. The lowest BCUT2D eigenvalue weighted by molar-refractivity contribution is 0.0395. The highest BCUT2D eigenvalue weighted by Gasteiger charge is 2.23. The van der Waals surface area contributed by atoms with Gasteiger partial charge in [0.25, 0.3) is 0 Å². The van der Waals surface area contributed by atoms with Crippen LogP contribution in [0, 0.1) is 5.82 Å². The Labute approximate surface area is 126 Å². The number of morpholine rings is 1. The topological polar surface area (TPSA) is 64.3 Å². The number of aromatic nitrogens is 2. The predicted octanol–water partition coefficient (Wildman–Crippen LogP) is 2.43. The summed E-state index contributed by atoms with van der Waals surface area (Å²) in [5, 5.41) is 0.308. The summed E-state index contributed by atoms with van der Waals surface area (Å²) in [6, 6.07) is 7.98. The van der Waals surface area contributed by atoms with E-state index >= 15 is 0 Å². The summed E-state index contributed by atoms with van der Waals surface area (Å²) >= 11 is 5.91. The zero-order valence-electron chi connectivity index (χ0n) is 11.2. The molecule has 0 radical (unpaired) electrons. The minimum absolute atomic E-state index is 0.141. The third kappa shape index (κ3) is 3.22. The van der Waals surface area contributed by atoms with Crippen LogP contribution >= 0.6 is 11.6 Å². The standard InChI is InChI=1S/C14H14ClFN4O/c15-12-7-13(19-14(17)18-12)20-5-6-21-11(8-20)9-1-3-10(16)4-2-9/h1-4,7,11H,5-6,8H2,(H2,17,18,19)/t11-/m0/s1. The quantitative estimate of drug-likeness (QED) is 0.863. The Kier molecular flexibility index (Phi) is 3.90. The van der Waals surface area contributed by atoms with Crippen molar-refractivity contribution in [2.45, 2.75) is 6.10 Å². The average molecular weight is 309 g/mol. The van der Waals surface area contributed by atoms with Crippen LogP contribution in [-0.4, -0.2) is 29.7 Å². The number of nitrogens with two attached hydrogens (primary N) is 1. The SMILES string of the molecule is Nc1nc(Cl)cc(N2CCO[C@H](c3ccc(F)cc3)C2)n1. The molecular formula is C14H14ClFN4O. The molecule has 0 spiro atoms. The normalized spacial score (nSPS) is 18.8. The lowest BCUT2D eigenvalue weighted by Gasteiger charge is -2.34. The highest BCUT2D eigenvalue weighted by molar-refractivity contribution is 6.29. The fourth-order valence-electron chi connectivity index (χ4n) is 2.32. The molecule has 1 saturated heterocycles. The van der Waals surface area contributed by atoms with E-state index in [2.05, 4.69) is 9.97 Å². The number of hydrogen-bond donors (Lipinski definition) is 1. The largest absolute Gasteiger partial charge is 0.370 e. The summed E-state index contributed by atoms with van der Waals surface area (Å²) in [4.78, 5) is 10.1. The van der Waals surface area contributed by atoms with Gasteiger partial charge in [0, 0.05) is 19.2 Å². The number of anilines is 2. The molecule has 5 nitrogen and oxygen atoms in total. The Morgan fingerprint density at radius 2 is 2.05 bits per heavy atom. The summed E-state index contributed by atoms with van der Waals surface area (Å²) in [6.07, 6.45) is -0.144. The van der Waals surface area contributed by atoms with Gasteiger partial charge in [-0.1, -0.05) is 23.7 Å². The van der Waals surface area contributed by atoms with E-state index in [1.807, 2.05) is 4.90 Å². The molecule has 110 valence electrons. The lowest BCUT2D eigenvalue weighted by Crippen LogP contribution is -2.39. The molecule has 1 aliphatic rings. The van der Waals surface area contributed by atoms with Crippen molar-refractivity contribution in [3.8, 4) is 0 Å². The average Bonchev–Trinajstić information content (AvgIpc) is 2.47. The molecule has 1 aromatic heterocycles. The molecular weight excluding hydrogens is 295 g/mol. The number of nitrogens with zero attached hydrogens (tertiary/aromatic N) is 3. The summed E-state index contributed by atoms with van der Waals surface area (Å²) < 4.78 is 18.7. The smallest absolute Gasteiger partial charge is 0.223 e. The molecule has 2 N–H and O–H groups in total. The van der Waals surface area contributed by atoms with Gasteiger partial charge in [-0.2, -0.15) is 4.98 Å². The zero-order valence-corrected chi connectivity index (χ0v) is 11.9. The molecule has 0 amide bonds. The maximum absolute atomic E-state index is 13.0. The van der Waals surface area contributed by atoms with Gasteiger partial charge in [0.05, 0.1) is 6.61 Å². The van der Waals surface area contributed by atoms with Crippen molar-refractivity contribution in [2.24, 2.45) is 0 Å². The van der Waals surface area contributed by atoms with Crippen molar-refractivity contribution in [2.75, 3.05) is 30.3 Å². The van der Waals surface area contributed by atoms with Crippen LogP contribution in [0.25, 0.3) is 0 Å². The van der Waals surface area contributed by atoms with Gasteiger partial charge in [-0.05, 0) is 17.7 Å². The first-order valence-corrected chi connectivity index (χ1v) is 6.92. The second-order valence-electron chi connectivity index (χ2n) is 4.76. The highest BCUT2D eigenvalue weighted by Crippen LogP contribution is 2.26. The Hall–Kier alpha value is -1.92. The number of nitrogen functional groups attached to an aromatic ring is 1. The fraction of sp³-hybridized carbons (Fsp3) is 0.286. The van der Waals surface area contributed by atoms with Gasteiger partial charge >= 0.3 is 0 Å². The third-order valence-corrected chi connectivity index (χ3v) is 3.52. The van der Waals surface area contributed by atoms with Crippen molar-refractivity contribution in [3.05, 3.63) is 46.9 Å². The van der Waals surface area contributed by atoms with Crippen molar-refractivity contribution in [3.63, 3.8) is 0 Å². The molecule has 0 aliphatic carbocycles. The number of rotatable bonds is 2. The van der Waals surface area contributed by atoms with E-state index in [1.54, 1.807) is 18.2 Å². The van der Waals surface area contributed by atoms with E-state index in [4.69, 9.17) is 22.1 Å². The lowest BCUT2D eigenvalue weighted by atomic mass is 10.1. The molecule has 0 bridgehead atoms. The molecule has 1 fully saturated rings. The third-order valence-electron chi connectivity index (χ3n) is 3.33. The van der Waals surface area contributed by atoms with Gasteiger partial charge in [-0.3, -0.25) is 0 Å². The van der Waals surface area contributed by atoms with Gasteiger partial charge in [-0.25, -0.2) is 9.37 Å². The number of benzene rings is 1. The maximum atomic E-state index is 13.0. The van der Waals surface area contributed by atoms with Crippen molar-refractivity contribution >= 4 is 23.4 Å². The summed E-state index contributed by atoms with van der Waals surface area (Å²) in [5.41, 5.74) is 6.55. The first kappa shape index (κ1) is 14.0. The summed E-state index contributed by atoms with van der Waals surface area (Å²) in [6.45, 7) is 1.83. The molecule has 1 aromatic carbocycles. The van der Waals surface area contributed by atoms with Gasteiger partial charge in [0.2, 0.25) is 5.95 Å². The van der Waals surface area contributed by atoms with Crippen molar-refractivity contribution < 1.29 is 9.13 Å². The van der Waals surface area contributed by atoms with Gasteiger partial charge < -0.3 is 15.4 Å². The Morgan fingerprint density at radius 3 is 2.76 bits per heavy atom. The van der Waals surface area contributed by atoms with Crippen molar-refractivity contribution in [1.29, 1.82) is 0 Å². The van der Waals surface area contributed by atoms with E-state index in [-0.39, 0.29) is 17.9 Å². The minimum atomic E-state index is -0.262. The van der Waals surface area contributed by atoms with Crippen LogP contribution in [0.4, 0.5) is 16.2 Å². The summed E-state index contributed by atoms with van der Waals surface area (Å²) in [5.74, 6) is 0.548. The molecule has 1 atom stereocenters. The fourth-order valence-corrected chi connectivity index (χ4v) is 2.51. The highest BCUT2D eigenvalue weighted by atomic mass is 35.5. The number of ether oxygens (including phenoxy) is 1. The van der Waals surface area contributed by atoms with Crippen LogP contribution in [-0.2, 0) is 4.74 Å². The second kappa shape index (κ2) is 5.83. The van der Waals surface area contributed by atoms with E-state index in [9.17, 15) is 4.39 Å². The molecule has 0 unspecified atom stereocenters. The molecule has 7 heteroatoms. The molecule has 1 aliphatic heterocycles. The first-order valence-electron chi connectivity index (χ1n) is 6.54.